The molecule has 36 heavy (non-hydrogen) atoms. The van der Waals surface area contributed by atoms with Crippen LogP contribution in [0.5, 0.6) is 23.0 Å². The average molecular weight is 529 g/mol. The molecular formula is C25H18Cl2N2O7. The fourth-order valence-electron chi connectivity index (χ4n) is 3.16. The van der Waals surface area contributed by atoms with E-state index in [0.717, 1.165) is 0 Å². The molecule has 0 spiro atoms. The molecule has 1 amide bonds. The van der Waals surface area contributed by atoms with Crippen LogP contribution in [0.15, 0.2) is 77.2 Å². The zero-order chi connectivity index (χ0) is 25.7. The van der Waals surface area contributed by atoms with Crippen LogP contribution >= 0.6 is 23.2 Å². The van der Waals surface area contributed by atoms with Crippen LogP contribution < -0.4 is 19.5 Å². The molecule has 0 saturated heterocycles. The fraction of sp³-hybridized carbons (Fsp3) is 0.0800. The Labute approximate surface area is 215 Å². The van der Waals surface area contributed by atoms with E-state index in [1.807, 2.05) is 0 Å². The van der Waals surface area contributed by atoms with Gasteiger partial charge in [-0.25, -0.2) is 0 Å². The molecule has 0 saturated carbocycles. The quantitative estimate of drug-likeness (QED) is 0.181. The number of non-ortho nitro benzene ring substituents is 1. The molecule has 1 heterocycles. The highest BCUT2D eigenvalue weighted by Gasteiger charge is 2.17. The highest BCUT2D eigenvalue weighted by Crippen LogP contribution is 2.35. The monoisotopic (exact) mass is 528 g/mol. The third-order valence-corrected chi connectivity index (χ3v) is 5.63. The number of amides is 1. The number of nitrogens with zero attached hydrogens (tertiary/aromatic N) is 1. The van der Waals surface area contributed by atoms with Gasteiger partial charge in [-0.2, -0.15) is 0 Å². The lowest BCUT2D eigenvalue weighted by molar-refractivity contribution is -0.384. The van der Waals surface area contributed by atoms with Gasteiger partial charge in [0.15, 0.2) is 17.3 Å². The van der Waals surface area contributed by atoms with Crippen LogP contribution in [-0.2, 0) is 6.61 Å². The van der Waals surface area contributed by atoms with E-state index in [2.05, 4.69) is 5.32 Å². The predicted octanol–water partition coefficient (Wildman–Crippen LogP) is 7.13. The Hall–Kier alpha value is -4.21. The zero-order valence-electron chi connectivity index (χ0n) is 18.7. The van der Waals surface area contributed by atoms with Crippen molar-refractivity contribution in [2.45, 2.75) is 6.61 Å². The number of anilines is 1. The molecule has 9 nitrogen and oxygen atoms in total. The molecule has 0 atom stereocenters. The van der Waals surface area contributed by atoms with Crippen molar-refractivity contribution in [3.8, 4) is 23.0 Å². The third kappa shape index (κ3) is 5.88. The van der Waals surface area contributed by atoms with E-state index < -0.39 is 10.8 Å². The lowest BCUT2D eigenvalue weighted by Crippen LogP contribution is -2.11. The van der Waals surface area contributed by atoms with Crippen LogP contribution in [0.3, 0.4) is 0 Å². The summed E-state index contributed by atoms with van der Waals surface area (Å²) in [5.41, 5.74) is -0.136. The molecule has 1 aromatic heterocycles. The highest BCUT2D eigenvalue weighted by molar-refractivity contribution is 6.42. The molecule has 0 aliphatic heterocycles. The lowest BCUT2D eigenvalue weighted by atomic mass is 10.2. The van der Waals surface area contributed by atoms with Crippen molar-refractivity contribution in [1.82, 2.24) is 0 Å². The van der Waals surface area contributed by atoms with Gasteiger partial charge in [-0.15, -0.1) is 0 Å². The first kappa shape index (κ1) is 24.9. The smallest absolute Gasteiger partial charge is 0.291 e. The van der Waals surface area contributed by atoms with Crippen LogP contribution in [0.25, 0.3) is 0 Å². The molecule has 4 aromatic rings. The van der Waals surface area contributed by atoms with Gasteiger partial charge in [-0.3, -0.25) is 14.9 Å². The number of hydrogen-bond acceptors (Lipinski definition) is 7. The molecule has 0 fully saturated rings. The van der Waals surface area contributed by atoms with Crippen LogP contribution in [-0.4, -0.2) is 17.9 Å². The first-order chi connectivity index (χ1) is 17.3. The summed E-state index contributed by atoms with van der Waals surface area (Å²) in [6.45, 7) is 0.00104. The van der Waals surface area contributed by atoms with Gasteiger partial charge >= 0.3 is 0 Å². The maximum Gasteiger partial charge on any atom is 0.291 e. The molecule has 4 rings (SSSR count). The lowest BCUT2D eigenvalue weighted by Gasteiger charge is -2.11. The van der Waals surface area contributed by atoms with E-state index >= 15 is 0 Å². The van der Waals surface area contributed by atoms with Crippen molar-refractivity contribution in [3.63, 3.8) is 0 Å². The first-order valence-corrected chi connectivity index (χ1v) is 11.2. The van der Waals surface area contributed by atoms with Crippen molar-refractivity contribution < 1.29 is 28.3 Å². The molecular weight excluding hydrogens is 511 g/mol. The standard InChI is InChI=1S/C25H18Cl2N2O7/c1-33-20-6-2-3-7-21(20)36-18-12-15(11-16(13-18)29(31)32)28-25(30)23-10-9-17(35-23)14-34-22-8-4-5-19(26)24(22)27/h2-13H,14H2,1H3,(H,28,30). The summed E-state index contributed by atoms with van der Waals surface area (Å²) in [5, 5.41) is 14.6. The van der Waals surface area contributed by atoms with E-state index in [0.29, 0.717) is 28.0 Å². The number of nitrogens with one attached hydrogen (secondary N) is 1. The highest BCUT2D eigenvalue weighted by atomic mass is 35.5. The van der Waals surface area contributed by atoms with Crippen LogP contribution in [0.2, 0.25) is 10.0 Å². The summed E-state index contributed by atoms with van der Waals surface area (Å²) in [4.78, 5) is 23.6. The summed E-state index contributed by atoms with van der Waals surface area (Å²) in [6, 6.07) is 18.7. The topological polar surface area (TPSA) is 113 Å². The van der Waals surface area contributed by atoms with E-state index in [4.69, 9.17) is 41.8 Å². The van der Waals surface area contributed by atoms with Crippen LogP contribution in [0, 0.1) is 10.1 Å². The normalized spacial score (nSPS) is 10.5. The number of ether oxygens (including phenoxy) is 3. The second-order valence-electron chi connectivity index (χ2n) is 7.29. The predicted molar refractivity (Wildman–Crippen MR) is 134 cm³/mol. The number of carbonyl (C=O) groups excluding carboxylic acids is 1. The van der Waals surface area contributed by atoms with E-state index in [1.165, 1.54) is 31.4 Å². The number of carbonyl (C=O) groups is 1. The second kappa shape index (κ2) is 11.0. The minimum absolute atomic E-state index is 0.00104. The summed E-state index contributed by atoms with van der Waals surface area (Å²) in [7, 11) is 1.48. The van der Waals surface area contributed by atoms with Gasteiger partial charge in [0, 0.05) is 12.1 Å². The number of para-hydroxylation sites is 2. The summed E-state index contributed by atoms with van der Waals surface area (Å²) >= 11 is 12.1. The van der Waals surface area contributed by atoms with Crippen molar-refractivity contribution in [2.24, 2.45) is 0 Å². The van der Waals surface area contributed by atoms with Gasteiger partial charge in [-0.05, 0) is 36.4 Å². The second-order valence-corrected chi connectivity index (χ2v) is 8.07. The Morgan fingerprint density at radius 3 is 2.50 bits per heavy atom. The van der Waals surface area contributed by atoms with Gasteiger partial charge < -0.3 is 23.9 Å². The van der Waals surface area contributed by atoms with Crippen molar-refractivity contribution in [3.05, 3.63) is 104 Å². The van der Waals surface area contributed by atoms with Crippen molar-refractivity contribution in [1.29, 1.82) is 0 Å². The number of benzene rings is 3. The molecule has 0 aliphatic rings. The van der Waals surface area contributed by atoms with E-state index in [1.54, 1.807) is 48.5 Å². The minimum Gasteiger partial charge on any atom is -0.493 e. The Kier molecular flexibility index (Phi) is 7.62. The van der Waals surface area contributed by atoms with Crippen molar-refractivity contribution >= 4 is 40.5 Å². The van der Waals surface area contributed by atoms with Gasteiger partial charge in [0.05, 0.1) is 28.8 Å². The number of nitro groups is 1. The number of halogens is 2. The van der Waals surface area contributed by atoms with Crippen LogP contribution in [0.1, 0.15) is 16.3 Å². The minimum atomic E-state index is -0.620. The van der Waals surface area contributed by atoms with Crippen molar-refractivity contribution in [2.75, 3.05) is 12.4 Å². The Morgan fingerprint density at radius 1 is 1.00 bits per heavy atom. The number of rotatable bonds is 9. The third-order valence-electron chi connectivity index (χ3n) is 4.83. The molecule has 0 bridgehead atoms. The van der Waals surface area contributed by atoms with E-state index in [9.17, 15) is 14.9 Å². The Bertz CT molecular complexity index is 1420. The molecule has 1 N–H and O–H groups in total. The van der Waals surface area contributed by atoms with Gasteiger partial charge in [0.1, 0.15) is 28.9 Å². The summed E-state index contributed by atoms with van der Waals surface area (Å²) < 4.78 is 22.2. The number of furan rings is 1. The molecule has 0 unspecified atom stereocenters. The maximum atomic E-state index is 12.7. The molecule has 0 aliphatic carbocycles. The van der Waals surface area contributed by atoms with Crippen LogP contribution in [0.4, 0.5) is 11.4 Å². The molecule has 0 radical (unpaired) electrons. The SMILES string of the molecule is COc1ccccc1Oc1cc(NC(=O)c2ccc(COc3cccc(Cl)c3Cl)o2)cc([N+](=O)[O-])c1. The molecule has 184 valence electrons. The number of nitro benzene ring substituents is 1. The average Bonchev–Trinajstić information content (AvgIpc) is 3.34. The van der Waals surface area contributed by atoms with Gasteiger partial charge in [0.25, 0.3) is 11.6 Å². The molecule has 3 aromatic carbocycles. The largest absolute Gasteiger partial charge is 0.493 e. The Balaban J connectivity index is 1.48. The molecule has 11 heteroatoms. The summed E-state index contributed by atoms with van der Waals surface area (Å²) in [6.07, 6.45) is 0. The maximum absolute atomic E-state index is 12.7. The fourth-order valence-corrected chi connectivity index (χ4v) is 3.51. The van der Waals surface area contributed by atoms with Gasteiger partial charge in [0.2, 0.25) is 0 Å². The number of hydrogen-bond donors (Lipinski definition) is 1. The number of methoxy groups -OCH3 is 1. The van der Waals surface area contributed by atoms with Gasteiger partial charge in [-0.1, -0.05) is 41.4 Å². The zero-order valence-corrected chi connectivity index (χ0v) is 20.2. The van der Waals surface area contributed by atoms with E-state index in [-0.39, 0.29) is 34.5 Å². The first-order valence-electron chi connectivity index (χ1n) is 10.4. The summed E-state index contributed by atoms with van der Waals surface area (Å²) in [5.74, 6) is 1.01. The Morgan fingerprint density at radius 2 is 1.75 bits per heavy atom.